The molecule has 1 aliphatic heterocycles. The Hall–Kier alpha value is -1.45. The quantitative estimate of drug-likeness (QED) is 0.779. The van der Waals surface area contributed by atoms with Gasteiger partial charge in [-0.05, 0) is 18.4 Å². The minimum absolute atomic E-state index is 0.0127. The van der Waals surface area contributed by atoms with E-state index in [1.54, 1.807) is 0 Å². The van der Waals surface area contributed by atoms with E-state index >= 15 is 0 Å². The number of hydrogen-bond donors (Lipinski definition) is 0. The van der Waals surface area contributed by atoms with Gasteiger partial charge in [0.25, 0.3) is 0 Å². The Morgan fingerprint density at radius 2 is 2.11 bits per heavy atom. The smallest absolute Gasteiger partial charge is 0.144 e. The van der Waals surface area contributed by atoms with Gasteiger partial charge in [0, 0.05) is 19.5 Å². The van der Waals surface area contributed by atoms with Gasteiger partial charge < -0.3 is 0 Å². The summed E-state index contributed by atoms with van der Waals surface area (Å²) in [5, 5.41) is 1.88. The zero-order valence-corrected chi connectivity index (χ0v) is 11.2. The fourth-order valence-corrected chi connectivity index (χ4v) is 3.11. The van der Waals surface area contributed by atoms with E-state index in [2.05, 4.69) is 24.3 Å². The van der Waals surface area contributed by atoms with Gasteiger partial charge in [0.1, 0.15) is 11.9 Å². The third-order valence-electron chi connectivity index (χ3n) is 4.11. The number of nitrogens with zero attached hydrogens (tertiary/aromatic N) is 1. The normalized spacial score (nSPS) is 30.6. The predicted octanol–water partition coefficient (Wildman–Crippen LogP) is 2.38. The van der Waals surface area contributed by atoms with Crippen molar-refractivity contribution in [3.05, 3.63) is 48.0 Å². The fraction of sp³-hybridized carbons (Fsp3) is 0.438. The Morgan fingerprint density at radius 3 is 2.89 bits per heavy atom. The summed E-state index contributed by atoms with van der Waals surface area (Å²) >= 11 is 0. The van der Waals surface area contributed by atoms with Crippen molar-refractivity contribution in [2.45, 2.75) is 31.4 Å². The first-order chi connectivity index (χ1) is 9.25. The number of benzene rings is 1. The molecule has 0 aromatic heterocycles. The SMILES string of the molecule is CN1OC2C=CCC(=O)C2C1CCc1ccccc1. The molecule has 1 fully saturated rings. The molecule has 1 heterocycles. The Balaban J connectivity index is 1.70. The van der Waals surface area contributed by atoms with Gasteiger partial charge in [-0.2, -0.15) is 5.06 Å². The molecule has 2 aliphatic rings. The zero-order chi connectivity index (χ0) is 13.2. The highest BCUT2D eigenvalue weighted by atomic mass is 16.7. The number of ketones is 1. The van der Waals surface area contributed by atoms with Gasteiger partial charge in [-0.1, -0.05) is 42.5 Å². The number of hydrogen-bond acceptors (Lipinski definition) is 3. The van der Waals surface area contributed by atoms with Crippen LogP contribution in [0.15, 0.2) is 42.5 Å². The maximum atomic E-state index is 12.1. The van der Waals surface area contributed by atoms with Crippen molar-refractivity contribution >= 4 is 5.78 Å². The number of rotatable bonds is 3. The average Bonchev–Trinajstić information content (AvgIpc) is 2.75. The summed E-state index contributed by atoms with van der Waals surface area (Å²) < 4.78 is 0. The second kappa shape index (κ2) is 5.27. The molecule has 3 heteroatoms. The third kappa shape index (κ3) is 2.48. The first-order valence-electron chi connectivity index (χ1n) is 6.88. The zero-order valence-electron chi connectivity index (χ0n) is 11.2. The van der Waals surface area contributed by atoms with Gasteiger partial charge in [0.15, 0.2) is 0 Å². The average molecular weight is 257 g/mol. The topological polar surface area (TPSA) is 29.5 Å². The molecule has 3 rings (SSSR count). The molecule has 0 bridgehead atoms. The van der Waals surface area contributed by atoms with Crippen LogP contribution in [0.3, 0.4) is 0 Å². The van der Waals surface area contributed by atoms with Gasteiger partial charge in [-0.25, -0.2) is 0 Å². The number of Topliss-reactive ketones (excluding diaryl/α,β-unsaturated/α-hetero) is 1. The number of carbonyl (C=O) groups is 1. The molecule has 1 aromatic rings. The van der Waals surface area contributed by atoms with Crippen LogP contribution in [0.4, 0.5) is 0 Å². The van der Waals surface area contributed by atoms with Crippen molar-refractivity contribution in [2.75, 3.05) is 7.05 Å². The van der Waals surface area contributed by atoms with Crippen LogP contribution in [-0.4, -0.2) is 30.0 Å². The number of aryl methyl sites for hydroxylation is 1. The standard InChI is InChI=1S/C16H19NO2/c1-17-13(11-10-12-6-3-2-4-7-12)16-14(18)8-5-9-15(16)19-17/h2-7,9,13,15-16H,8,10-11H2,1H3. The van der Waals surface area contributed by atoms with Crippen molar-refractivity contribution in [3.63, 3.8) is 0 Å². The molecular weight excluding hydrogens is 238 g/mol. The summed E-state index contributed by atoms with van der Waals surface area (Å²) in [6.07, 6.45) is 6.41. The van der Waals surface area contributed by atoms with Crippen LogP contribution in [0.25, 0.3) is 0 Å². The van der Waals surface area contributed by atoms with E-state index in [0.29, 0.717) is 12.2 Å². The summed E-state index contributed by atoms with van der Waals surface area (Å²) in [4.78, 5) is 17.8. The van der Waals surface area contributed by atoms with E-state index in [4.69, 9.17) is 4.84 Å². The van der Waals surface area contributed by atoms with E-state index in [0.717, 1.165) is 12.8 Å². The molecule has 3 unspecified atom stereocenters. The van der Waals surface area contributed by atoms with E-state index < -0.39 is 0 Å². The lowest BCUT2D eigenvalue weighted by Gasteiger charge is -2.23. The van der Waals surface area contributed by atoms with E-state index in [9.17, 15) is 4.79 Å². The van der Waals surface area contributed by atoms with Crippen LogP contribution in [0.2, 0.25) is 0 Å². The summed E-state index contributed by atoms with van der Waals surface area (Å²) in [7, 11) is 1.94. The summed E-state index contributed by atoms with van der Waals surface area (Å²) in [5.41, 5.74) is 1.32. The summed E-state index contributed by atoms with van der Waals surface area (Å²) in [5.74, 6) is 0.327. The minimum atomic E-state index is -0.0491. The maximum Gasteiger partial charge on any atom is 0.144 e. The highest BCUT2D eigenvalue weighted by molar-refractivity contribution is 5.85. The molecular formula is C16H19NO2. The predicted molar refractivity (Wildman–Crippen MR) is 73.4 cm³/mol. The van der Waals surface area contributed by atoms with Crippen LogP contribution >= 0.6 is 0 Å². The summed E-state index contributed by atoms with van der Waals surface area (Å²) in [6.45, 7) is 0. The lowest BCUT2D eigenvalue weighted by molar-refractivity contribution is -0.133. The third-order valence-corrected chi connectivity index (χ3v) is 4.11. The van der Waals surface area contributed by atoms with Crippen LogP contribution in [-0.2, 0) is 16.1 Å². The molecule has 19 heavy (non-hydrogen) atoms. The largest absolute Gasteiger partial charge is 0.299 e. The molecule has 0 amide bonds. The van der Waals surface area contributed by atoms with Gasteiger partial charge in [0.2, 0.25) is 0 Å². The molecule has 0 radical (unpaired) electrons. The molecule has 0 saturated carbocycles. The van der Waals surface area contributed by atoms with Gasteiger partial charge in [-0.3, -0.25) is 9.63 Å². The molecule has 100 valence electrons. The molecule has 0 spiro atoms. The Kier molecular flexibility index (Phi) is 3.49. The molecule has 3 nitrogen and oxygen atoms in total. The fourth-order valence-electron chi connectivity index (χ4n) is 3.11. The minimum Gasteiger partial charge on any atom is -0.299 e. The summed E-state index contributed by atoms with van der Waals surface area (Å²) in [6, 6.07) is 10.6. The van der Waals surface area contributed by atoms with Gasteiger partial charge in [0.05, 0.1) is 5.92 Å². The molecule has 1 aromatic carbocycles. The van der Waals surface area contributed by atoms with Gasteiger partial charge in [-0.15, -0.1) is 0 Å². The first kappa shape index (κ1) is 12.6. The molecule has 1 saturated heterocycles. The monoisotopic (exact) mass is 257 g/mol. The van der Waals surface area contributed by atoms with Gasteiger partial charge >= 0.3 is 0 Å². The van der Waals surface area contributed by atoms with Crippen molar-refractivity contribution in [3.8, 4) is 0 Å². The van der Waals surface area contributed by atoms with Crippen molar-refractivity contribution in [2.24, 2.45) is 5.92 Å². The number of allylic oxidation sites excluding steroid dienone is 1. The number of fused-ring (bicyclic) bond motifs is 1. The number of hydroxylamine groups is 2. The Morgan fingerprint density at radius 1 is 1.32 bits per heavy atom. The lowest BCUT2D eigenvalue weighted by atomic mass is 9.83. The van der Waals surface area contributed by atoms with E-state index in [1.165, 1.54) is 5.56 Å². The molecule has 3 atom stereocenters. The van der Waals surface area contributed by atoms with E-state index in [-0.39, 0.29) is 18.1 Å². The Labute approximate surface area is 113 Å². The first-order valence-corrected chi connectivity index (χ1v) is 6.88. The second-order valence-electron chi connectivity index (χ2n) is 5.33. The number of carbonyl (C=O) groups excluding carboxylic acids is 1. The van der Waals surface area contributed by atoms with Crippen molar-refractivity contribution in [1.82, 2.24) is 5.06 Å². The maximum absolute atomic E-state index is 12.1. The van der Waals surface area contributed by atoms with Crippen LogP contribution < -0.4 is 0 Å². The lowest BCUT2D eigenvalue weighted by Crippen LogP contribution is -2.36. The highest BCUT2D eigenvalue weighted by Crippen LogP contribution is 2.34. The highest BCUT2D eigenvalue weighted by Gasteiger charge is 2.45. The van der Waals surface area contributed by atoms with Crippen LogP contribution in [0.5, 0.6) is 0 Å². The molecule has 1 aliphatic carbocycles. The second-order valence-corrected chi connectivity index (χ2v) is 5.33. The van der Waals surface area contributed by atoms with Crippen molar-refractivity contribution in [1.29, 1.82) is 0 Å². The van der Waals surface area contributed by atoms with Crippen molar-refractivity contribution < 1.29 is 9.63 Å². The van der Waals surface area contributed by atoms with Crippen LogP contribution in [0.1, 0.15) is 18.4 Å². The van der Waals surface area contributed by atoms with Crippen LogP contribution in [0, 0.1) is 5.92 Å². The Bertz CT molecular complexity index is 483. The van der Waals surface area contributed by atoms with E-state index in [1.807, 2.05) is 30.3 Å². The molecule has 0 N–H and O–H groups in total.